The van der Waals surface area contributed by atoms with E-state index in [-0.39, 0.29) is 23.1 Å². The molecule has 0 spiro atoms. The summed E-state index contributed by atoms with van der Waals surface area (Å²) in [5.74, 6) is 0.616. The highest BCUT2D eigenvalue weighted by molar-refractivity contribution is 8.76. The molecule has 4 aromatic rings. The maximum absolute atomic E-state index is 12.8. The molecule has 0 aliphatic carbocycles. The number of fused-ring (bicyclic) bond motifs is 2. The van der Waals surface area contributed by atoms with Crippen molar-refractivity contribution in [2.24, 2.45) is 0 Å². The van der Waals surface area contributed by atoms with Crippen LogP contribution in [0.1, 0.15) is 0 Å². The fourth-order valence-corrected chi connectivity index (χ4v) is 4.91. The molecule has 0 saturated carbocycles. The molecule has 10 heteroatoms. The Labute approximate surface area is 179 Å². The molecule has 154 valence electrons. The molecule has 2 heterocycles. The van der Waals surface area contributed by atoms with Crippen LogP contribution in [0.3, 0.4) is 0 Å². The van der Waals surface area contributed by atoms with Gasteiger partial charge in [0.1, 0.15) is 0 Å². The Morgan fingerprint density at radius 3 is 1.53 bits per heavy atom. The van der Waals surface area contributed by atoms with Gasteiger partial charge < -0.3 is 9.47 Å². The molecule has 0 saturated heterocycles. The van der Waals surface area contributed by atoms with Crippen molar-refractivity contribution in [3.63, 3.8) is 0 Å². The number of methoxy groups -OCH3 is 2. The van der Waals surface area contributed by atoms with E-state index in [1.807, 2.05) is 12.1 Å². The summed E-state index contributed by atoms with van der Waals surface area (Å²) in [6, 6.07) is 14.8. The lowest BCUT2D eigenvalue weighted by molar-refractivity contribution is 0.358. The average Bonchev–Trinajstić information content (AvgIpc) is 2.78. The van der Waals surface area contributed by atoms with Gasteiger partial charge >= 0.3 is 0 Å². The number of rotatable bonds is 7. The Morgan fingerprint density at radius 1 is 0.733 bits per heavy atom. The molecular weight excluding hydrogens is 424 g/mol. The van der Waals surface area contributed by atoms with Crippen LogP contribution in [0.25, 0.3) is 21.8 Å². The monoisotopic (exact) mass is 442 g/mol. The van der Waals surface area contributed by atoms with Crippen molar-refractivity contribution in [1.29, 1.82) is 0 Å². The number of hydrogen-bond donors (Lipinski definition) is 0. The van der Waals surface area contributed by atoms with Gasteiger partial charge in [0.15, 0.2) is 0 Å². The molecular formula is C20H18N4O4S2. The van der Waals surface area contributed by atoms with Crippen LogP contribution in [-0.4, -0.2) is 33.3 Å². The summed E-state index contributed by atoms with van der Waals surface area (Å²) in [6.45, 7) is 0. The van der Waals surface area contributed by atoms with E-state index < -0.39 is 0 Å². The average molecular weight is 443 g/mol. The topological polar surface area (TPSA) is 88.2 Å². The zero-order valence-electron chi connectivity index (χ0n) is 16.3. The van der Waals surface area contributed by atoms with Gasteiger partial charge in [0, 0.05) is 0 Å². The lowest BCUT2D eigenvalue weighted by Crippen LogP contribution is -2.23. The summed E-state index contributed by atoms with van der Waals surface area (Å²) < 4.78 is 13.5. The molecule has 0 fully saturated rings. The second-order valence-corrected chi connectivity index (χ2v) is 8.59. The summed E-state index contributed by atoms with van der Waals surface area (Å²) in [7, 11) is 5.77. The quantitative estimate of drug-likeness (QED) is 0.319. The molecule has 0 amide bonds. The fraction of sp³-hybridized carbons (Fsp3) is 0.200. The first-order chi connectivity index (χ1) is 14.6. The lowest BCUT2D eigenvalue weighted by atomic mass is 10.2. The van der Waals surface area contributed by atoms with Crippen molar-refractivity contribution in [3.8, 4) is 12.0 Å². The molecule has 4 rings (SSSR count). The van der Waals surface area contributed by atoms with Crippen LogP contribution >= 0.6 is 21.6 Å². The van der Waals surface area contributed by atoms with Gasteiger partial charge in [-0.3, -0.25) is 18.7 Å². The Kier molecular flexibility index (Phi) is 5.96. The van der Waals surface area contributed by atoms with Crippen LogP contribution in [0.2, 0.25) is 0 Å². The molecule has 0 bridgehead atoms. The fourth-order valence-electron chi connectivity index (χ4n) is 3.01. The van der Waals surface area contributed by atoms with Gasteiger partial charge in [-0.15, -0.1) is 0 Å². The van der Waals surface area contributed by atoms with Gasteiger partial charge in [0.2, 0.25) is 0 Å². The van der Waals surface area contributed by atoms with Crippen molar-refractivity contribution in [1.82, 2.24) is 19.1 Å². The number of para-hydroxylation sites is 2. The van der Waals surface area contributed by atoms with Crippen molar-refractivity contribution < 1.29 is 9.47 Å². The molecule has 0 aliphatic heterocycles. The van der Waals surface area contributed by atoms with Crippen LogP contribution in [0.15, 0.2) is 58.1 Å². The first-order valence-corrected chi connectivity index (χ1v) is 11.4. The van der Waals surface area contributed by atoms with Crippen molar-refractivity contribution >= 4 is 43.4 Å². The Bertz CT molecular complexity index is 1230. The summed E-state index contributed by atoms with van der Waals surface area (Å²) >= 11 is 0. The van der Waals surface area contributed by atoms with Gasteiger partial charge in [-0.25, -0.2) is 0 Å². The normalized spacial score (nSPS) is 11.1. The van der Waals surface area contributed by atoms with E-state index in [1.54, 1.807) is 36.4 Å². The van der Waals surface area contributed by atoms with E-state index in [1.165, 1.54) is 44.9 Å². The minimum absolute atomic E-state index is 0.173. The molecule has 0 atom stereocenters. The largest absolute Gasteiger partial charge is 0.468 e. The number of hydrogen-bond acceptors (Lipinski definition) is 8. The third-order valence-corrected chi connectivity index (χ3v) is 6.49. The summed E-state index contributed by atoms with van der Waals surface area (Å²) in [4.78, 5) is 34.4. The SMILES string of the molecule is COc1nc2ccccc2c(=O)n1CSSCn1c(OC)nc2ccccc2c1=O. The van der Waals surface area contributed by atoms with Gasteiger partial charge in [-0.2, -0.15) is 9.97 Å². The Hall–Kier alpha value is -2.98. The highest BCUT2D eigenvalue weighted by atomic mass is 33.1. The second-order valence-electron chi connectivity index (χ2n) is 6.19. The number of benzene rings is 2. The van der Waals surface area contributed by atoms with Crippen molar-refractivity contribution in [2.45, 2.75) is 11.8 Å². The lowest BCUT2D eigenvalue weighted by Gasteiger charge is -2.13. The molecule has 0 unspecified atom stereocenters. The Balaban J connectivity index is 1.55. The number of nitrogens with zero attached hydrogens (tertiary/aromatic N) is 4. The highest BCUT2D eigenvalue weighted by Crippen LogP contribution is 2.27. The molecule has 0 aliphatic rings. The predicted molar refractivity (Wildman–Crippen MR) is 120 cm³/mol. The van der Waals surface area contributed by atoms with E-state index in [0.29, 0.717) is 33.6 Å². The van der Waals surface area contributed by atoms with Gasteiger partial charge in [-0.1, -0.05) is 45.9 Å². The first kappa shape index (κ1) is 20.3. The van der Waals surface area contributed by atoms with E-state index in [9.17, 15) is 9.59 Å². The summed E-state index contributed by atoms with van der Waals surface area (Å²) in [6.07, 6.45) is 0. The molecule has 2 aromatic carbocycles. The molecule has 8 nitrogen and oxygen atoms in total. The molecule has 30 heavy (non-hydrogen) atoms. The first-order valence-electron chi connectivity index (χ1n) is 8.95. The van der Waals surface area contributed by atoms with Crippen molar-refractivity contribution in [2.75, 3.05) is 14.2 Å². The maximum Gasteiger partial charge on any atom is 0.300 e. The van der Waals surface area contributed by atoms with Crippen LogP contribution in [0.4, 0.5) is 0 Å². The summed E-state index contributed by atoms with van der Waals surface area (Å²) in [5, 5.41) is 1.06. The van der Waals surface area contributed by atoms with E-state index >= 15 is 0 Å². The van der Waals surface area contributed by atoms with E-state index in [2.05, 4.69) is 9.97 Å². The van der Waals surface area contributed by atoms with Crippen LogP contribution in [0.5, 0.6) is 12.0 Å². The zero-order valence-corrected chi connectivity index (χ0v) is 17.9. The highest BCUT2D eigenvalue weighted by Gasteiger charge is 2.13. The Morgan fingerprint density at radius 2 is 1.13 bits per heavy atom. The third-order valence-electron chi connectivity index (χ3n) is 4.47. The van der Waals surface area contributed by atoms with Crippen molar-refractivity contribution in [3.05, 3.63) is 69.2 Å². The zero-order chi connectivity index (χ0) is 21.1. The smallest absolute Gasteiger partial charge is 0.300 e. The second kappa shape index (κ2) is 8.80. The van der Waals surface area contributed by atoms with Crippen LogP contribution < -0.4 is 20.6 Å². The molecule has 0 radical (unpaired) electrons. The van der Waals surface area contributed by atoms with Crippen LogP contribution in [-0.2, 0) is 11.8 Å². The summed E-state index contributed by atoms with van der Waals surface area (Å²) in [5.41, 5.74) is 0.832. The van der Waals surface area contributed by atoms with Crippen LogP contribution in [0, 0.1) is 0 Å². The van der Waals surface area contributed by atoms with Gasteiger partial charge in [-0.05, 0) is 24.3 Å². The third kappa shape index (κ3) is 3.75. The number of ether oxygens (including phenoxy) is 2. The number of aromatic nitrogens is 4. The van der Waals surface area contributed by atoms with E-state index in [4.69, 9.17) is 9.47 Å². The maximum atomic E-state index is 12.8. The molecule has 2 aromatic heterocycles. The standard InChI is InChI=1S/C20H18N4O4S2/c1-27-19-21-15-9-5-3-7-13(15)17(25)23(19)11-29-30-12-24-18(26)14-8-4-6-10-16(14)22-20(24)28-2/h3-10H,11-12H2,1-2H3. The predicted octanol–water partition coefficient (Wildman–Crippen LogP) is 3.12. The van der Waals surface area contributed by atoms with E-state index in [0.717, 1.165) is 0 Å². The van der Waals surface area contributed by atoms with Gasteiger partial charge in [0.25, 0.3) is 23.1 Å². The van der Waals surface area contributed by atoms with Gasteiger partial charge in [0.05, 0.1) is 47.8 Å². The minimum Gasteiger partial charge on any atom is -0.468 e. The minimum atomic E-state index is -0.173. The molecule has 0 N–H and O–H groups in total.